The first-order chi connectivity index (χ1) is 14.8. The minimum absolute atomic E-state index is 0. The quantitative estimate of drug-likeness (QED) is 0.267. The molecule has 0 fully saturated rings. The van der Waals surface area contributed by atoms with Crippen molar-refractivity contribution >= 4 is 41.8 Å². The zero-order chi connectivity index (χ0) is 22.8. The molecule has 0 spiro atoms. The third kappa shape index (κ3) is 8.49. The van der Waals surface area contributed by atoms with Gasteiger partial charge in [0, 0.05) is 51.4 Å². The second kappa shape index (κ2) is 13.7. The molecule has 8 heteroatoms. The molecule has 0 bridgehead atoms. The number of carbonyl (C=O) groups is 2. The van der Waals surface area contributed by atoms with Gasteiger partial charge in [-0.25, -0.2) is 0 Å². The Bertz CT molecular complexity index is 913. The van der Waals surface area contributed by atoms with Gasteiger partial charge >= 0.3 is 0 Å². The summed E-state index contributed by atoms with van der Waals surface area (Å²) in [7, 11) is 5.19. The molecule has 0 saturated carbocycles. The fraction of sp³-hybridized carbons (Fsp3) is 0.375. The molecule has 1 atom stereocenters. The van der Waals surface area contributed by atoms with E-state index in [2.05, 4.69) is 20.9 Å². The van der Waals surface area contributed by atoms with Crippen molar-refractivity contribution in [1.29, 1.82) is 0 Å². The molecule has 174 valence electrons. The lowest BCUT2D eigenvalue weighted by Gasteiger charge is -2.14. The van der Waals surface area contributed by atoms with Crippen LogP contribution in [-0.2, 0) is 13.1 Å². The number of benzene rings is 2. The summed E-state index contributed by atoms with van der Waals surface area (Å²) in [5.41, 5.74) is 3.34. The maximum absolute atomic E-state index is 12.3. The lowest BCUT2D eigenvalue weighted by molar-refractivity contribution is 0.0827. The summed E-state index contributed by atoms with van der Waals surface area (Å²) < 4.78 is 0. The summed E-state index contributed by atoms with van der Waals surface area (Å²) in [5, 5.41) is 9.51. The molecule has 0 saturated heterocycles. The van der Waals surface area contributed by atoms with Crippen LogP contribution in [-0.4, -0.2) is 49.9 Å². The van der Waals surface area contributed by atoms with Gasteiger partial charge in [0.25, 0.3) is 11.8 Å². The highest BCUT2D eigenvalue weighted by molar-refractivity contribution is 14.0. The van der Waals surface area contributed by atoms with Gasteiger partial charge in [-0.3, -0.25) is 14.6 Å². The minimum atomic E-state index is -0.0603. The largest absolute Gasteiger partial charge is 0.352 e. The van der Waals surface area contributed by atoms with Crippen molar-refractivity contribution in [2.75, 3.05) is 21.1 Å². The van der Waals surface area contributed by atoms with E-state index in [0.29, 0.717) is 30.2 Å². The molecule has 1 unspecified atom stereocenters. The molecular weight excluding hydrogens is 517 g/mol. The van der Waals surface area contributed by atoms with Crippen LogP contribution in [0.15, 0.2) is 53.5 Å². The third-order valence-corrected chi connectivity index (χ3v) is 4.93. The Hall–Kier alpha value is -2.62. The van der Waals surface area contributed by atoms with E-state index < -0.39 is 0 Å². The summed E-state index contributed by atoms with van der Waals surface area (Å²) in [5.74, 6) is 0.579. The first-order valence-corrected chi connectivity index (χ1v) is 10.5. The highest BCUT2D eigenvalue weighted by Gasteiger charge is 2.10. The van der Waals surface area contributed by atoms with Gasteiger partial charge in [-0.15, -0.1) is 24.0 Å². The average molecular weight is 551 g/mol. The van der Waals surface area contributed by atoms with Crippen molar-refractivity contribution < 1.29 is 9.59 Å². The number of hydrogen-bond donors (Lipinski definition) is 3. The van der Waals surface area contributed by atoms with Crippen LogP contribution in [0.5, 0.6) is 0 Å². The van der Waals surface area contributed by atoms with E-state index in [1.54, 1.807) is 26.0 Å². The molecule has 3 N–H and O–H groups in total. The van der Waals surface area contributed by atoms with Crippen LogP contribution in [0.1, 0.15) is 52.1 Å². The van der Waals surface area contributed by atoms with Crippen LogP contribution in [0.2, 0.25) is 0 Å². The Morgan fingerprint density at radius 1 is 0.969 bits per heavy atom. The smallest absolute Gasteiger partial charge is 0.253 e. The minimum Gasteiger partial charge on any atom is -0.352 e. The summed E-state index contributed by atoms with van der Waals surface area (Å²) in [6.07, 6.45) is 0.893. The zero-order valence-electron chi connectivity index (χ0n) is 19.4. The first-order valence-electron chi connectivity index (χ1n) is 10.5. The highest BCUT2D eigenvalue weighted by atomic mass is 127. The second-order valence-electron chi connectivity index (χ2n) is 7.66. The summed E-state index contributed by atoms with van der Waals surface area (Å²) >= 11 is 0. The second-order valence-corrected chi connectivity index (χ2v) is 7.66. The third-order valence-electron chi connectivity index (χ3n) is 4.93. The van der Waals surface area contributed by atoms with Gasteiger partial charge in [0.2, 0.25) is 0 Å². The fourth-order valence-electron chi connectivity index (χ4n) is 2.85. The molecule has 0 aliphatic carbocycles. The molecule has 2 rings (SSSR count). The SMILES string of the molecule is CCC(C)NC(=O)c1cccc(CNC(=NC)NCc2ccc(C(=O)N(C)C)cc2)c1.I. The Labute approximate surface area is 208 Å². The van der Waals surface area contributed by atoms with Crippen LogP contribution < -0.4 is 16.0 Å². The number of rotatable bonds is 8. The van der Waals surface area contributed by atoms with Gasteiger partial charge in [-0.1, -0.05) is 31.2 Å². The average Bonchev–Trinajstić information content (AvgIpc) is 2.79. The molecule has 0 heterocycles. The lowest BCUT2D eigenvalue weighted by Crippen LogP contribution is -2.36. The van der Waals surface area contributed by atoms with Crippen LogP contribution in [0.4, 0.5) is 0 Å². The molecule has 0 aliphatic heterocycles. The van der Waals surface area contributed by atoms with E-state index in [4.69, 9.17) is 0 Å². The predicted octanol–water partition coefficient (Wildman–Crippen LogP) is 3.40. The maximum Gasteiger partial charge on any atom is 0.253 e. The van der Waals surface area contributed by atoms with E-state index in [0.717, 1.165) is 17.5 Å². The number of amides is 2. The molecule has 32 heavy (non-hydrogen) atoms. The number of nitrogens with zero attached hydrogens (tertiary/aromatic N) is 2. The van der Waals surface area contributed by atoms with Crippen molar-refractivity contribution in [2.24, 2.45) is 4.99 Å². The molecule has 0 aliphatic rings. The Balaban J connectivity index is 0.00000512. The number of carbonyl (C=O) groups excluding carboxylic acids is 2. The molecule has 0 aromatic heterocycles. The summed E-state index contributed by atoms with van der Waals surface area (Å²) in [4.78, 5) is 30.1. The van der Waals surface area contributed by atoms with Crippen molar-refractivity contribution in [3.05, 3.63) is 70.8 Å². The van der Waals surface area contributed by atoms with Crippen molar-refractivity contribution in [3.8, 4) is 0 Å². The van der Waals surface area contributed by atoms with E-state index in [1.807, 2.05) is 62.4 Å². The van der Waals surface area contributed by atoms with Crippen LogP contribution in [0, 0.1) is 0 Å². The number of nitrogens with one attached hydrogen (secondary N) is 3. The number of aliphatic imine (C=N–C) groups is 1. The number of halogens is 1. The van der Waals surface area contributed by atoms with E-state index in [9.17, 15) is 9.59 Å². The summed E-state index contributed by atoms with van der Waals surface area (Å²) in [6.45, 7) is 5.15. The Morgan fingerprint density at radius 3 is 2.16 bits per heavy atom. The first kappa shape index (κ1) is 27.4. The van der Waals surface area contributed by atoms with Gasteiger partial charge in [-0.2, -0.15) is 0 Å². The molecule has 7 nitrogen and oxygen atoms in total. The van der Waals surface area contributed by atoms with Crippen molar-refractivity contribution in [3.63, 3.8) is 0 Å². The van der Waals surface area contributed by atoms with Gasteiger partial charge in [0.15, 0.2) is 5.96 Å². The monoisotopic (exact) mass is 551 g/mol. The molecule has 0 radical (unpaired) electrons. The van der Waals surface area contributed by atoms with Crippen molar-refractivity contribution in [1.82, 2.24) is 20.9 Å². The van der Waals surface area contributed by atoms with Crippen LogP contribution >= 0.6 is 24.0 Å². The van der Waals surface area contributed by atoms with E-state index in [1.165, 1.54) is 0 Å². The predicted molar refractivity (Wildman–Crippen MR) is 141 cm³/mol. The molecule has 2 aromatic carbocycles. The van der Waals surface area contributed by atoms with Crippen LogP contribution in [0.3, 0.4) is 0 Å². The number of hydrogen-bond acceptors (Lipinski definition) is 3. The Kier molecular flexibility index (Phi) is 11.8. The molecular formula is C24H34IN5O2. The van der Waals surface area contributed by atoms with E-state index in [-0.39, 0.29) is 41.8 Å². The number of guanidine groups is 1. The maximum atomic E-state index is 12.3. The normalized spacial score (nSPS) is 11.7. The van der Waals surface area contributed by atoms with Crippen LogP contribution in [0.25, 0.3) is 0 Å². The van der Waals surface area contributed by atoms with E-state index >= 15 is 0 Å². The van der Waals surface area contributed by atoms with Gasteiger partial charge in [-0.05, 0) is 48.7 Å². The lowest BCUT2D eigenvalue weighted by atomic mass is 10.1. The highest BCUT2D eigenvalue weighted by Crippen LogP contribution is 2.08. The summed E-state index contributed by atoms with van der Waals surface area (Å²) in [6, 6.07) is 15.2. The standard InChI is InChI=1S/C24H33N5O2.HI/c1-6-17(2)28-22(30)21-9-7-8-19(14-21)16-27-24(25-3)26-15-18-10-12-20(13-11-18)23(31)29(4)5;/h7-14,17H,6,15-16H2,1-5H3,(H,28,30)(H2,25,26,27);1H. The van der Waals surface area contributed by atoms with Gasteiger partial charge in [0.1, 0.15) is 0 Å². The topological polar surface area (TPSA) is 85.8 Å². The zero-order valence-corrected chi connectivity index (χ0v) is 21.8. The molecule has 2 aromatic rings. The van der Waals surface area contributed by atoms with Crippen molar-refractivity contribution in [2.45, 2.75) is 39.4 Å². The molecule has 2 amide bonds. The fourth-order valence-corrected chi connectivity index (χ4v) is 2.85. The van der Waals surface area contributed by atoms with Gasteiger partial charge < -0.3 is 20.9 Å². The Morgan fingerprint density at radius 2 is 1.59 bits per heavy atom. The van der Waals surface area contributed by atoms with Gasteiger partial charge in [0.05, 0.1) is 0 Å².